The summed E-state index contributed by atoms with van der Waals surface area (Å²) in [5, 5.41) is 19.5. The first kappa shape index (κ1) is 17.3. The van der Waals surface area contributed by atoms with E-state index in [1.54, 1.807) is 12.1 Å². The Balaban J connectivity index is 2.18. The van der Waals surface area contributed by atoms with E-state index in [1.165, 1.54) is 0 Å². The minimum atomic E-state index is 0.0938. The summed E-state index contributed by atoms with van der Waals surface area (Å²) in [6.07, 6.45) is 0.645. The Bertz CT molecular complexity index is 601. The third-order valence-corrected chi connectivity index (χ3v) is 3.90. The highest BCUT2D eigenvalue weighted by Gasteiger charge is 2.18. The summed E-state index contributed by atoms with van der Waals surface area (Å²) in [6.45, 7) is 3.23. The maximum absolute atomic E-state index is 10.1. The number of benzene rings is 2. The maximum Gasteiger partial charge on any atom is 0.120 e. The molecule has 0 spiro atoms. The summed E-state index contributed by atoms with van der Waals surface area (Å²) in [7, 11) is 2.00. The first-order valence-electron chi connectivity index (χ1n) is 7.96. The van der Waals surface area contributed by atoms with Crippen molar-refractivity contribution in [2.24, 2.45) is 0 Å². The van der Waals surface area contributed by atoms with Gasteiger partial charge >= 0.3 is 0 Å². The Morgan fingerprint density at radius 2 is 1.87 bits per heavy atom. The molecule has 2 aromatic rings. The molecule has 0 aliphatic heterocycles. The summed E-state index contributed by atoms with van der Waals surface area (Å²) >= 11 is 0. The van der Waals surface area contributed by atoms with Crippen LogP contribution >= 0.6 is 0 Å². The van der Waals surface area contributed by atoms with Gasteiger partial charge in [0, 0.05) is 24.8 Å². The van der Waals surface area contributed by atoms with Gasteiger partial charge in [0.15, 0.2) is 0 Å². The average molecular weight is 315 g/mol. The lowest BCUT2D eigenvalue weighted by Gasteiger charge is -2.28. The third-order valence-electron chi connectivity index (χ3n) is 3.90. The number of hydrogen-bond donors (Lipinski definition) is 2. The molecule has 0 saturated heterocycles. The number of phenolic OH excluding ortho intramolecular Hbond substituents is 1. The highest BCUT2D eigenvalue weighted by Crippen LogP contribution is 2.29. The molecular weight excluding hydrogens is 290 g/mol. The van der Waals surface area contributed by atoms with E-state index in [4.69, 9.17) is 4.74 Å². The molecule has 2 rings (SSSR count). The fraction of sp³-hybridized carbons (Fsp3) is 0.368. The molecule has 0 saturated carbocycles. The monoisotopic (exact) mass is 315 g/mol. The second-order valence-corrected chi connectivity index (χ2v) is 5.58. The summed E-state index contributed by atoms with van der Waals surface area (Å²) in [5.74, 6) is 1.02. The lowest BCUT2D eigenvalue weighted by molar-refractivity contribution is 0.178. The summed E-state index contributed by atoms with van der Waals surface area (Å²) in [6, 6.07) is 15.5. The topological polar surface area (TPSA) is 52.9 Å². The zero-order valence-electron chi connectivity index (χ0n) is 13.8. The Morgan fingerprint density at radius 3 is 2.52 bits per heavy atom. The molecule has 4 nitrogen and oxygen atoms in total. The summed E-state index contributed by atoms with van der Waals surface area (Å²) < 4.78 is 5.51. The molecule has 2 N–H and O–H groups in total. The summed E-state index contributed by atoms with van der Waals surface area (Å²) in [4.78, 5) is 2.14. The molecule has 1 atom stereocenters. The Hall–Kier alpha value is -2.04. The van der Waals surface area contributed by atoms with Crippen molar-refractivity contribution in [2.75, 3.05) is 20.3 Å². The Kier molecular flexibility index (Phi) is 6.44. The van der Waals surface area contributed by atoms with Gasteiger partial charge in [0.2, 0.25) is 0 Å². The van der Waals surface area contributed by atoms with Crippen LogP contribution in [-0.2, 0) is 6.54 Å². The molecule has 0 fully saturated rings. The molecule has 0 aliphatic carbocycles. The maximum atomic E-state index is 10.1. The molecule has 23 heavy (non-hydrogen) atoms. The smallest absolute Gasteiger partial charge is 0.120 e. The zero-order valence-corrected chi connectivity index (χ0v) is 13.8. The van der Waals surface area contributed by atoms with Crippen LogP contribution in [0.4, 0.5) is 0 Å². The van der Waals surface area contributed by atoms with Crippen LogP contribution in [0.15, 0.2) is 48.5 Å². The van der Waals surface area contributed by atoms with Crippen LogP contribution < -0.4 is 4.74 Å². The number of aliphatic hydroxyl groups excluding tert-OH is 1. The predicted octanol–water partition coefficient (Wildman–Crippen LogP) is 3.35. The average Bonchev–Trinajstić information content (AvgIpc) is 2.56. The molecular formula is C19H25NO3. The van der Waals surface area contributed by atoms with Gasteiger partial charge in [0.1, 0.15) is 11.5 Å². The van der Waals surface area contributed by atoms with Gasteiger partial charge in [0.05, 0.1) is 6.61 Å². The van der Waals surface area contributed by atoms with Crippen LogP contribution in [0.25, 0.3) is 0 Å². The van der Waals surface area contributed by atoms with Gasteiger partial charge in [0.25, 0.3) is 0 Å². The van der Waals surface area contributed by atoms with Crippen LogP contribution in [0, 0.1) is 0 Å². The Labute approximate surface area is 138 Å². The van der Waals surface area contributed by atoms with Crippen LogP contribution in [0.2, 0.25) is 0 Å². The number of phenols is 1. The van der Waals surface area contributed by atoms with Gasteiger partial charge in [-0.05, 0) is 44.2 Å². The van der Waals surface area contributed by atoms with Crippen molar-refractivity contribution in [1.82, 2.24) is 4.90 Å². The molecule has 0 bridgehead atoms. The van der Waals surface area contributed by atoms with E-state index in [0.29, 0.717) is 19.6 Å². The van der Waals surface area contributed by atoms with Gasteiger partial charge in [-0.2, -0.15) is 0 Å². The molecule has 2 aromatic carbocycles. The zero-order chi connectivity index (χ0) is 16.7. The first-order chi connectivity index (χ1) is 11.2. The van der Waals surface area contributed by atoms with Crippen LogP contribution in [0.3, 0.4) is 0 Å². The Morgan fingerprint density at radius 1 is 1.13 bits per heavy atom. The van der Waals surface area contributed by atoms with Gasteiger partial charge in [-0.15, -0.1) is 0 Å². The minimum absolute atomic E-state index is 0.0938. The molecule has 0 heterocycles. The minimum Gasteiger partial charge on any atom is -0.508 e. The van der Waals surface area contributed by atoms with E-state index < -0.39 is 0 Å². The molecule has 0 radical (unpaired) electrons. The van der Waals surface area contributed by atoms with E-state index in [1.807, 2.05) is 38.2 Å². The van der Waals surface area contributed by atoms with E-state index in [2.05, 4.69) is 17.0 Å². The number of rotatable bonds is 8. The number of aromatic hydroxyl groups is 1. The van der Waals surface area contributed by atoms with Gasteiger partial charge in [-0.3, -0.25) is 4.90 Å². The van der Waals surface area contributed by atoms with Crippen molar-refractivity contribution in [3.63, 3.8) is 0 Å². The van der Waals surface area contributed by atoms with Crippen molar-refractivity contribution in [3.8, 4) is 11.5 Å². The number of hydrogen-bond acceptors (Lipinski definition) is 4. The first-order valence-corrected chi connectivity index (χ1v) is 7.96. The molecule has 0 aliphatic rings. The highest BCUT2D eigenvalue weighted by molar-refractivity contribution is 5.39. The number of aliphatic hydroxyl groups is 1. The van der Waals surface area contributed by atoms with Crippen LogP contribution in [0.1, 0.15) is 30.5 Å². The van der Waals surface area contributed by atoms with Gasteiger partial charge in [-0.1, -0.05) is 30.3 Å². The molecule has 4 heteroatoms. The van der Waals surface area contributed by atoms with Crippen molar-refractivity contribution in [1.29, 1.82) is 0 Å². The molecule has 124 valence electrons. The molecule has 0 amide bonds. The van der Waals surface area contributed by atoms with E-state index >= 15 is 0 Å². The normalized spacial score (nSPS) is 12.3. The van der Waals surface area contributed by atoms with E-state index in [9.17, 15) is 10.2 Å². The number of nitrogens with zero attached hydrogens (tertiary/aromatic N) is 1. The van der Waals surface area contributed by atoms with E-state index in [0.717, 1.165) is 16.9 Å². The van der Waals surface area contributed by atoms with Crippen molar-refractivity contribution in [3.05, 3.63) is 59.7 Å². The fourth-order valence-electron chi connectivity index (χ4n) is 2.76. The lowest BCUT2D eigenvalue weighted by atomic mass is 10.0. The predicted molar refractivity (Wildman–Crippen MR) is 91.6 cm³/mol. The lowest BCUT2D eigenvalue weighted by Crippen LogP contribution is -2.25. The molecule has 0 aromatic heterocycles. The second kappa shape index (κ2) is 8.56. The van der Waals surface area contributed by atoms with Gasteiger partial charge < -0.3 is 14.9 Å². The van der Waals surface area contributed by atoms with Crippen molar-refractivity contribution < 1.29 is 14.9 Å². The van der Waals surface area contributed by atoms with Crippen LogP contribution in [-0.4, -0.2) is 35.4 Å². The second-order valence-electron chi connectivity index (χ2n) is 5.58. The molecule has 1 unspecified atom stereocenters. The van der Waals surface area contributed by atoms with Crippen molar-refractivity contribution in [2.45, 2.75) is 25.9 Å². The van der Waals surface area contributed by atoms with E-state index in [-0.39, 0.29) is 18.4 Å². The SMILES string of the molecule is CCOc1ccc(O)c(CN(C)C(CCO)c2ccccc2)c1. The summed E-state index contributed by atoms with van der Waals surface area (Å²) in [5.41, 5.74) is 1.97. The van der Waals surface area contributed by atoms with Crippen LogP contribution in [0.5, 0.6) is 11.5 Å². The van der Waals surface area contributed by atoms with Gasteiger partial charge in [-0.25, -0.2) is 0 Å². The largest absolute Gasteiger partial charge is 0.508 e. The fourth-order valence-corrected chi connectivity index (χ4v) is 2.76. The number of ether oxygens (including phenoxy) is 1. The quantitative estimate of drug-likeness (QED) is 0.784. The van der Waals surface area contributed by atoms with Crippen molar-refractivity contribution >= 4 is 0 Å². The third kappa shape index (κ3) is 4.71. The standard InChI is InChI=1S/C19H25NO3/c1-3-23-17-9-10-19(22)16(13-17)14-20(2)18(11-12-21)15-7-5-4-6-8-15/h4-10,13,18,21-22H,3,11-12,14H2,1-2H3. The highest BCUT2D eigenvalue weighted by atomic mass is 16.5.